The lowest BCUT2D eigenvalue weighted by Crippen LogP contribution is -2.16. The Morgan fingerprint density at radius 3 is 2.65 bits per heavy atom. The molecule has 0 unspecified atom stereocenters. The molecule has 0 aliphatic carbocycles. The van der Waals surface area contributed by atoms with E-state index in [1.54, 1.807) is 4.80 Å². The van der Waals surface area contributed by atoms with Crippen LogP contribution in [-0.2, 0) is 6.54 Å². The summed E-state index contributed by atoms with van der Waals surface area (Å²) < 4.78 is 11.2. The van der Waals surface area contributed by atoms with Gasteiger partial charge in [0.15, 0.2) is 11.5 Å². The maximum atomic E-state index is 6.28. The van der Waals surface area contributed by atoms with Crippen molar-refractivity contribution in [3.05, 3.63) is 52.5 Å². The number of tetrazole rings is 1. The lowest BCUT2D eigenvalue weighted by molar-refractivity contribution is 0.171. The number of benzene rings is 2. The zero-order valence-electron chi connectivity index (χ0n) is 14.6. The van der Waals surface area contributed by atoms with E-state index in [1.165, 1.54) is 5.56 Å². The van der Waals surface area contributed by atoms with E-state index in [1.807, 2.05) is 24.3 Å². The summed E-state index contributed by atoms with van der Waals surface area (Å²) in [4.78, 5) is 1.55. The van der Waals surface area contributed by atoms with Crippen LogP contribution < -0.4 is 9.47 Å². The Hall–Kier alpha value is -2.60. The summed E-state index contributed by atoms with van der Waals surface area (Å²) in [6, 6.07) is 12.0. The van der Waals surface area contributed by atoms with Gasteiger partial charge in [-0.2, -0.15) is 4.80 Å². The predicted octanol–water partition coefficient (Wildman–Crippen LogP) is 3.94. The maximum absolute atomic E-state index is 6.28. The number of ether oxygens (including phenoxy) is 2. The molecule has 2 heterocycles. The van der Waals surface area contributed by atoms with Crippen molar-refractivity contribution in [2.75, 3.05) is 13.2 Å². The number of hydrogen-bond donors (Lipinski definition) is 0. The van der Waals surface area contributed by atoms with Gasteiger partial charge in [-0.15, -0.1) is 10.2 Å². The summed E-state index contributed by atoms with van der Waals surface area (Å²) >= 11 is 6.28. The molecule has 1 aliphatic heterocycles. The fraction of sp³-hybridized carbons (Fsp3) is 0.316. The molecule has 7 heteroatoms. The van der Waals surface area contributed by atoms with Gasteiger partial charge >= 0.3 is 0 Å². The lowest BCUT2D eigenvalue weighted by atomic mass is 10.0. The highest BCUT2D eigenvalue weighted by Gasteiger charge is 2.17. The Labute approximate surface area is 156 Å². The molecule has 3 aromatic rings. The van der Waals surface area contributed by atoms with E-state index in [0.717, 1.165) is 11.1 Å². The predicted molar refractivity (Wildman–Crippen MR) is 98.9 cm³/mol. The first-order chi connectivity index (χ1) is 12.6. The average Bonchev–Trinajstić information content (AvgIpc) is 3.10. The topological polar surface area (TPSA) is 62.1 Å². The Kier molecular flexibility index (Phi) is 4.51. The molecule has 0 radical (unpaired) electrons. The van der Waals surface area contributed by atoms with Gasteiger partial charge in [-0.25, -0.2) is 0 Å². The van der Waals surface area contributed by atoms with Crippen LogP contribution in [0.2, 0.25) is 5.02 Å². The van der Waals surface area contributed by atoms with Crippen LogP contribution in [0.25, 0.3) is 11.4 Å². The Morgan fingerprint density at radius 1 is 1.12 bits per heavy atom. The standard InChI is InChI=1S/C19H19ClN4O2/c1-12(2)14-3-5-15(6-4-14)19-21-23-24(22-19)11-13-9-16(20)18-17(10-13)25-7-8-26-18/h3-6,9-10,12H,7-8,11H2,1-2H3. The highest BCUT2D eigenvalue weighted by atomic mass is 35.5. The molecule has 0 saturated heterocycles. The monoisotopic (exact) mass is 370 g/mol. The van der Waals surface area contributed by atoms with Crippen LogP contribution in [0.1, 0.15) is 30.9 Å². The van der Waals surface area contributed by atoms with Crippen LogP contribution in [-0.4, -0.2) is 33.4 Å². The van der Waals surface area contributed by atoms with Gasteiger partial charge in [0.2, 0.25) is 5.82 Å². The van der Waals surface area contributed by atoms with Crippen molar-refractivity contribution in [2.45, 2.75) is 26.3 Å². The van der Waals surface area contributed by atoms with E-state index >= 15 is 0 Å². The summed E-state index contributed by atoms with van der Waals surface area (Å²) in [5.74, 6) is 2.35. The van der Waals surface area contributed by atoms with Crippen molar-refractivity contribution in [3.63, 3.8) is 0 Å². The minimum atomic E-state index is 0.452. The van der Waals surface area contributed by atoms with Gasteiger partial charge in [-0.05, 0) is 34.4 Å². The second-order valence-electron chi connectivity index (χ2n) is 6.52. The van der Waals surface area contributed by atoms with Crippen LogP contribution in [0.3, 0.4) is 0 Å². The first kappa shape index (κ1) is 16.8. The van der Waals surface area contributed by atoms with Crippen LogP contribution in [0, 0.1) is 0 Å². The molecule has 6 nitrogen and oxygen atoms in total. The number of hydrogen-bond acceptors (Lipinski definition) is 5. The minimum absolute atomic E-state index is 0.452. The van der Waals surface area contributed by atoms with Crippen molar-refractivity contribution < 1.29 is 9.47 Å². The van der Waals surface area contributed by atoms with Crippen LogP contribution in [0.5, 0.6) is 11.5 Å². The van der Waals surface area contributed by atoms with E-state index in [9.17, 15) is 0 Å². The molecule has 2 aromatic carbocycles. The molecule has 0 bridgehead atoms. The molecule has 4 rings (SSSR count). The molecule has 1 aliphatic rings. The molecule has 0 spiro atoms. The molecular formula is C19H19ClN4O2. The molecule has 0 amide bonds. The van der Waals surface area contributed by atoms with Crippen LogP contribution in [0.4, 0.5) is 0 Å². The molecule has 0 atom stereocenters. The van der Waals surface area contributed by atoms with Gasteiger partial charge in [0.25, 0.3) is 0 Å². The van der Waals surface area contributed by atoms with Gasteiger partial charge in [-0.1, -0.05) is 49.7 Å². The fourth-order valence-corrected chi connectivity index (χ4v) is 3.15. The van der Waals surface area contributed by atoms with Crippen LogP contribution in [0.15, 0.2) is 36.4 Å². The van der Waals surface area contributed by atoms with Crippen molar-refractivity contribution in [1.82, 2.24) is 20.2 Å². The maximum Gasteiger partial charge on any atom is 0.204 e. The third-order valence-electron chi connectivity index (χ3n) is 4.27. The van der Waals surface area contributed by atoms with Gasteiger partial charge < -0.3 is 9.47 Å². The van der Waals surface area contributed by atoms with Crippen molar-refractivity contribution in [3.8, 4) is 22.9 Å². The molecule has 1 aromatic heterocycles. The van der Waals surface area contributed by atoms with E-state index in [2.05, 4.69) is 41.4 Å². The van der Waals surface area contributed by atoms with Gasteiger partial charge in [-0.3, -0.25) is 0 Å². The second kappa shape index (κ2) is 6.96. The highest BCUT2D eigenvalue weighted by Crippen LogP contribution is 2.38. The highest BCUT2D eigenvalue weighted by molar-refractivity contribution is 6.32. The van der Waals surface area contributed by atoms with Gasteiger partial charge in [0.05, 0.1) is 11.6 Å². The van der Waals surface area contributed by atoms with Crippen molar-refractivity contribution in [2.24, 2.45) is 0 Å². The number of nitrogens with zero attached hydrogens (tertiary/aromatic N) is 4. The Morgan fingerprint density at radius 2 is 1.88 bits per heavy atom. The number of rotatable bonds is 4. The number of fused-ring (bicyclic) bond motifs is 1. The number of aromatic nitrogens is 4. The summed E-state index contributed by atoms with van der Waals surface area (Å²) in [5, 5.41) is 13.3. The van der Waals surface area contributed by atoms with Crippen molar-refractivity contribution in [1.29, 1.82) is 0 Å². The molecule has 0 saturated carbocycles. The molecule has 134 valence electrons. The average molecular weight is 371 g/mol. The minimum Gasteiger partial charge on any atom is -0.486 e. The fourth-order valence-electron chi connectivity index (χ4n) is 2.86. The van der Waals surface area contributed by atoms with Gasteiger partial charge in [0.1, 0.15) is 13.2 Å². The molecular weight excluding hydrogens is 352 g/mol. The summed E-state index contributed by atoms with van der Waals surface area (Å²) in [6.45, 7) is 5.82. The van der Waals surface area contributed by atoms with Crippen molar-refractivity contribution >= 4 is 11.6 Å². The third kappa shape index (κ3) is 3.37. The van der Waals surface area contributed by atoms with E-state index in [-0.39, 0.29) is 0 Å². The zero-order valence-corrected chi connectivity index (χ0v) is 15.4. The Bertz CT molecular complexity index is 922. The van der Waals surface area contributed by atoms with Crippen LogP contribution >= 0.6 is 11.6 Å². The second-order valence-corrected chi connectivity index (χ2v) is 6.93. The normalized spacial score (nSPS) is 13.2. The number of halogens is 1. The summed E-state index contributed by atoms with van der Waals surface area (Å²) in [6.07, 6.45) is 0. The first-order valence-corrected chi connectivity index (χ1v) is 8.94. The zero-order chi connectivity index (χ0) is 18.1. The molecule has 0 fully saturated rings. The Balaban J connectivity index is 1.54. The van der Waals surface area contributed by atoms with E-state index < -0.39 is 0 Å². The third-order valence-corrected chi connectivity index (χ3v) is 4.55. The van der Waals surface area contributed by atoms with E-state index in [0.29, 0.717) is 48.0 Å². The molecule has 0 N–H and O–H groups in total. The largest absolute Gasteiger partial charge is 0.486 e. The quantitative estimate of drug-likeness (QED) is 0.696. The van der Waals surface area contributed by atoms with E-state index in [4.69, 9.17) is 21.1 Å². The summed E-state index contributed by atoms with van der Waals surface area (Å²) in [7, 11) is 0. The molecule has 26 heavy (non-hydrogen) atoms. The first-order valence-electron chi connectivity index (χ1n) is 8.56. The smallest absolute Gasteiger partial charge is 0.204 e. The summed E-state index contributed by atoms with van der Waals surface area (Å²) in [5.41, 5.74) is 3.16. The SMILES string of the molecule is CC(C)c1ccc(-c2nnn(Cc3cc(Cl)c4c(c3)OCCO4)n2)cc1. The van der Waals surface area contributed by atoms with Gasteiger partial charge in [0, 0.05) is 5.56 Å². The lowest BCUT2D eigenvalue weighted by Gasteiger charge is -2.20.